The van der Waals surface area contributed by atoms with Crippen molar-refractivity contribution in [3.8, 4) is 0 Å². The first-order valence-electron chi connectivity index (χ1n) is 7.87. The highest BCUT2D eigenvalue weighted by Crippen LogP contribution is 2.25. The van der Waals surface area contributed by atoms with Crippen molar-refractivity contribution in [2.75, 3.05) is 6.54 Å². The van der Waals surface area contributed by atoms with Gasteiger partial charge in [0.1, 0.15) is 0 Å². The average Bonchev–Trinajstić information content (AvgIpc) is 2.54. The first-order chi connectivity index (χ1) is 11.4. The van der Waals surface area contributed by atoms with Gasteiger partial charge in [0.15, 0.2) is 0 Å². The van der Waals surface area contributed by atoms with Crippen LogP contribution in [0.1, 0.15) is 43.6 Å². The van der Waals surface area contributed by atoms with Gasteiger partial charge in [-0.05, 0) is 39.8 Å². The molecule has 0 aliphatic carbocycles. The SMILES string of the molecule is CC(C)(C)c1cccc(CO[C@@H](CN=[N+]=[N-])c2cccc(Cl)c2)c1. The van der Waals surface area contributed by atoms with Gasteiger partial charge in [-0.2, -0.15) is 0 Å². The molecule has 5 heteroatoms. The van der Waals surface area contributed by atoms with Gasteiger partial charge in [-0.15, -0.1) is 0 Å². The number of ether oxygens (including phenoxy) is 1. The maximum Gasteiger partial charge on any atom is 0.0886 e. The number of benzene rings is 2. The lowest BCUT2D eigenvalue weighted by Gasteiger charge is -2.21. The summed E-state index contributed by atoms with van der Waals surface area (Å²) in [6, 6.07) is 15.8. The quantitative estimate of drug-likeness (QED) is 0.349. The van der Waals surface area contributed by atoms with Crippen molar-refractivity contribution in [1.82, 2.24) is 0 Å². The largest absolute Gasteiger partial charge is 0.369 e. The van der Waals surface area contributed by atoms with Crippen molar-refractivity contribution in [1.29, 1.82) is 0 Å². The lowest BCUT2D eigenvalue weighted by molar-refractivity contribution is 0.0457. The molecule has 2 aromatic carbocycles. The molecule has 0 radical (unpaired) electrons. The van der Waals surface area contributed by atoms with Gasteiger partial charge in [0.2, 0.25) is 0 Å². The Kier molecular flexibility index (Phi) is 6.27. The van der Waals surface area contributed by atoms with E-state index in [1.54, 1.807) is 0 Å². The number of hydrogen-bond acceptors (Lipinski definition) is 2. The van der Waals surface area contributed by atoms with Crippen molar-refractivity contribution in [3.05, 3.63) is 80.7 Å². The molecule has 4 nitrogen and oxygen atoms in total. The van der Waals surface area contributed by atoms with E-state index < -0.39 is 0 Å². The molecule has 0 N–H and O–H groups in total. The monoisotopic (exact) mass is 343 g/mol. The molecule has 2 rings (SSSR count). The minimum Gasteiger partial charge on any atom is -0.369 e. The topological polar surface area (TPSA) is 58.0 Å². The van der Waals surface area contributed by atoms with E-state index in [0.29, 0.717) is 11.6 Å². The van der Waals surface area contributed by atoms with E-state index in [1.807, 2.05) is 36.4 Å². The van der Waals surface area contributed by atoms with Gasteiger partial charge in [0, 0.05) is 9.93 Å². The molecule has 0 aliphatic rings. The van der Waals surface area contributed by atoms with E-state index in [1.165, 1.54) is 5.56 Å². The van der Waals surface area contributed by atoms with Gasteiger partial charge in [-0.1, -0.05) is 73.9 Å². The lowest BCUT2D eigenvalue weighted by atomic mass is 9.86. The molecule has 126 valence electrons. The maximum atomic E-state index is 8.60. The van der Waals surface area contributed by atoms with Crippen LogP contribution in [-0.4, -0.2) is 6.54 Å². The summed E-state index contributed by atoms with van der Waals surface area (Å²) in [5.41, 5.74) is 12.0. The van der Waals surface area contributed by atoms with Gasteiger partial charge in [0.25, 0.3) is 0 Å². The molecular weight excluding hydrogens is 322 g/mol. The van der Waals surface area contributed by atoms with Crippen LogP contribution in [0.25, 0.3) is 10.4 Å². The Morgan fingerprint density at radius 1 is 1.17 bits per heavy atom. The van der Waals surface area contributed by atoms with Crippen molar-refractivity contribution in [2.24, 2.45) is 5.11 Å². The van der Waals surface area contributed by atoms with Gasteiger partial charge in [-0.25, -0.2) is 0 Å². The number of nitrogens with zero attached hydrogens (tertiary/aromatic N) is 3. The molecular formula is C19H22ClN3O. The Morgan fingerprint density at radius 3 is 2.58 bits per heavy atom. The normalized spacial score (nSPS) is 12.5. The summed E-state index contributed by atoms with van der Waals surface area (Å²) in [6.45, 7) is 7.23. The van der Waals surface area contributed by atoms with E-state index in [9.17, 15) is 0 Å². The molecule has 0 amide bonds. The van der Waals surface area contributed by atoms with Crippen molar-refractivity contribution in [3.63, 3.8) is 0 Å². The van der Waals surface area contributed by atoms with Gasteiger partial charge in [0.05, 0.1) is 19.3 Å². The Hall–Kier alpha value is -2.00. The fourth-order valence-electron chi connectivity index (χ4n) is 2.40. The highest BCUT2D eigenvalue weighted by atomic mass is 35.5. The zero-order chi connectivity index (χ0) is 17.6. The van der Waals surface area contributed by atoms with Gasteiger partial charge in [-0.3, -0.25) is 0 Å². The standard InChI is InChI=1S/C19H22ClN3O/c1-19(2,3)16-8-4-6-14(10-16)13-24-18(12-22-23-21)15-7-5-9-17(20)11-15/h4-11,18H,12-13H2,1-3H3/t18-/m0/s1. The Morgan fingerprint density at radius 2 is 1.92 bits per heavy atom. The zero-order valence-electron chi connectivity index (χ0n) is 14.2. The molecule has 0 heterocycles. The third-order valence-corrected chi connectivity index (χ3v) is 4.01. The first-order valence-corrected chi connectivity index (χ1v) is 8.25. The van der Waals surface area contributed by atoms with Crippen molar-refractivity contribution < 1.29 is 4.74 Å². The fourth-order valence-corrected chi connectivity index (χ4v) is 2.60. The summed E-state index contributed by atoms with van der Waals surface area (Å²) >= 11 is 6.05. The molecule has 0 saturated heterocycles. The average molecular weight is 344 g/mol. The summed E-state index contributed by atoms with van der Waals surface area (Å²) < 4.78 is 6.02. The van der Waals surface area contributed by atoms with Crippen molar-refractivity contribution >= 4 is 11.6 Å². The van der Waals surface area contributed by atoms with Crippen LogP contribution in [0.5, 0.6) is 0 Å². The van der Waals surface area contributed by atoms with E-state index >= 15 is 0 Å². The first kappa shape index (κ1) is 18.3. The van der Waals surface area contributed by atoms with Gasteiger partial charge < -0.3 is 4.74 Å². The number of rotatable bonds is 6. The maximum absolute atomic E-state index is 8.60. The van der Waals surface area contributed by atoms with Crippen molar-refractivity contribution in [2.45, 2.75) is 38.9 Å². The highest BCUT2D eigenvalue weighted by Gasteiger charge is 2.15. The molecule has 24 heavy (non-hydrogen) atoms. The van der Waals surface area contributed by atoms with E-state index in [4.69, 9.17) is 21.9 Å². The molecule has 0 bridgehead atoms. The van der Waals surface area contributed by atoms with Crippen LogP contribution >= 0.6 is 11.6 Å². The summed E-state index contributed by atoms with van der Waals surface area (Å²) in [7, 11) is 0. The van der Waals surface area contributed by atoms with E-state index in [-0.39, 0.29) is 18.1 Å². The molecule has 1 atom stereocenters. The zero-order valence-corrected chi connectivity index (χ0v) is 15.0. The van der Waals surface area contributed by atoms with Crippen LogP contribution in [0.3, 0.4) is 0 Å². The molecule has 0 aromatic heterocycles. The van der Waals surface area contributed by atoms with Crippen LogP contribution < -0.4 is 0 Å². The molecule has 0 spiro atoms. The van der Waals surface area contributed by atoms with Crippen LogP contribution in [0.2, 0.25) is 5.02 Å². The van der Waals surface area contributed by atoms with E-state index in [2.05, 4.69) is 42.9 Å². The molecule has 0 unspecified atom stereocenters. The van der Waals surface area contributed by atoms with Gasteiger partial charge >= 0.3 is 0 Å². The second-order valence-electron chi connectivity index (χ2n) is 6.72. The Balaban J connectivity index is 2.15. The second-order valence-corrected chi connectivity index (χ2v) is 7.15. The fraction of sp³-hybridized carbons (Fsp3) is 0.368. The molecule has 0 aliphatic heterocycles. The van der Waals surface area contributed by atoms with E-state index in [0.717, 1.165) is 11.1 Å². The van der Waals surface area contributed by atoms with Crippen LogP contribution in [0.15, 0.2) is 53.6 Å². The second kappa shape index (κ2) is 8.20. The highest BCUT2D eigenvalue weighted by molar-refractivity contribution is 6.30. The minimum atomic E-state index is -0.321. The van der Waals surface area contributed by atoms with Crippen LogP contribution in [-0.2, 0) is 16.8 Å². The Labute approximate surface area is 148 Å². The summed E-state index contributed by atoms with van der Waals surface area (Å²) in [6.07, 6.45) is -0.321. The Bertz CT molecular complexity index is 733. The molecule has 0 fully saturated rings. The number of azide groups is 1. The van der Waals surface area contributed by atoms with Crippen LogP contribution in [0, 0.1) is 0 Å². The third kappa shape index (κ3) is 5.27. The summed E-state index contributed by atoms with van der Waals surface area (Å²) in [4.78, 5) is 2.84. The minimum absolute atomic E-state index is 0.0907. The molecule has 2 aromatic rings. The predicted molar refractivity (Wildman–Crippen MR) is 98.1 cm³/mol. The molecule has 0 saturated carbocycles. The predicted octanol–water partition coefficient (Wildman–Crippen LogP) is 6.21. The lowest BCUT2D eigenvalue weighted by Crippen LogP contribution is -2.12. The number of hydrogen-bond donors (Lipinski definition) is 0. The third-order valence-electron chi connectivity index (χ3n) is 3.78. The summed E-state index contributed by atoms with van der Waals surface area (Å²) in [5, 5.41) is 4.30. The number of halogens is 1. The summed E-state index contributed by atoms with van der Waals surface area (Å²) in [5.74, 6) is 0. The smallest absolute Gasteiger partial charge is 0.0886 e. The van der Waals surface area contributed by atoms with Crippen LogP contribution in [0.4, 0.5) is 0 Å².